The molecule has 0 spiro atoms. The fourth-order valence-corrected chi connectivity index (χ4v) is 4.70. The molecule has 1 aliphatic heterocycles. The monoisotopic (exact) mass is 559 g/mol. The minimum atomic E-state index is -0.312. The highest BCUT2D eigenvalue weighted by atomic mass is 79.9. The van der Waals surface area contributed by atoms with Crippen molar-refractivity contribution in [2.24, 2.45) is 5.92 Å². The molecule has 0 saturated carbocycles. The number of amides is 1. The van der Waals surface area contributed by atoms with Gasteiger partial charge < -0.3 is 4.90 Å². The Labute approximate surface area is 206 Å². The standard InChI is InChI=1S/C26H27Br2NOS/c1-26(2,3)29-24(15-16-31-18-20-9-13-23(28)14-10-20)6-4-5-21(25(29)30)17-19-7-11-22(27)12-8-19/h4-16,21H,17-18H2,1-3H3/b16-15-/t21-/m1/s1. The molecule has 2 nitrogen and oxygen atoms in total. The zero-order chi connectivity index (χ0) is 22.4. The number of hydrogen-bond acceptors (Lipinski definition) is 2. The lowest BCUT2D eigenvalue weighted by Crippen LogP contribution is -2.46. The molecule has 0 bridgehead atoms. The predicted molar refractivity (Wildman–Crippen MR) is 140 cm³/mol. The third kappa shape index (κ3) is 6.96. The topological polar surface area (TPSA) is 20.3 Å². The highest BCUT2D eigenvalue weighted by molar-refractivity contribution is 9.10. The van der Waals surface area contributed by atoms with Crippen LogP contribution in [-0.2, 0) is 17.0 Å². The fourth-order valence-electron chi connectivity index (χ4n) is 3.46. The van der Waals surface area contributed by atoms with Gasteiger partial charge in [0.25, 0.3) is 0 Å². The molecule has 0 radical (unpaired) electrons. The van der Waals surface area contributed by atoms with Crippen molar-refractivity contribution >= 4 is 49.5 Å². The van der Waals surface area contributed by atoms with Crippen LogP contribution in [0.3, 0.4) is 0 Å². The van der Waals surface area contributed by atoms with Crippen LogP contribution in [0.1, 0.15) is 31.9 Å². The van der Waals surface area contributed by atoms with Crippen LogP contribution in [0.15, 0.2) is 92.9 Å². The van der Waals surface area contributed by atoms with Gasteiger partial charge in [-0.15, -0.1) is 11.8 Å². The molecule has 1 amide bonds. The van der Waals surface area contributed by atoms with Crippen molar-refractivity contribution in [3.8, 4) is 0 Å². The Bertz CT molecular complexity index is 986. The summed E-state index contributed by atoms with van der Waals surface area (Å²) in [5.74, 6) is 0.846. The first-order chi connectivity index (χ1) is 14.7. The Morgan fingerprint density at radius 1 is 0.968 bits per heavy atom. The van der Waals surface area contributed by atoms with Crippen molar-refractivity contribution in [2.75, 3.05) is 0 Å². The van der Waals surface area contributed by atoms with E-state index in [1.165, 1.54) is 5.56 Å². The minimum Gasteiger partial charge on any atom is -0.307 e. The van der Waals surface area contributed by atoms with Gasteiger partial charge in [-0.3, -0.25) is 4.79 Å². The molecule has 1 atom stereocenters. The van der Waals surface area contributed by atoms with E-state index >= 15 is 0 Å². The van der Waals surface area contributed by atoms with Gasteiger partial charge in [0, 0.05) is 25.9 Å². The second-order valence-corrected chi connectivity index (χ2v) is 11.2. The van der Waals surface area contributed by atoms with E-state index in [0.717, 1.165) is 26.0 Å². The van der Waals surface area contributed by atoms with Gasteiger partial charge in [-0.05, 0) is 80.1 Å². The first kappa shape index (κ1) is 24.1. The molecule has 1 heterocycles. The summed E-state index contributed by atoms with van der Waals surface area (Å²) in [5.41, 5.74) is 3.04. The number of halogens is 2. The van der Waals surface area contributed by atoms with E-state index in [1.54, 1.807) is 11.8 Å². The lowest BCUT2D eigenvalue weighted by Gasteiger charge is -2.37. The average molecular weight is 561 g/mol. The molecule has 2 aromatic carbocycles. The number of benzene rings is 2. The van der Waals surface area contributed by atoms with E-state index in [1.807, 2.05) is 35.3 Å². The second-order valence-electron chi connectivity index (χ2n) is 8.50. The van der Waals surface area contributed by atoms with E-state index in [-0.39, 0.29) is 17.4 Å². The van der Waals surface area contributed by atoms with Gasteiger partial charge in [-0.2, -0.15) is 0 Å². The highest BCUT2D eigenvalue weighted by Gasteiger charge is 2.33. The maximum atomic E-state index is 13.5. The van der Waals surface area contributed by atoms with E-state index in [2.05, 4.69) is 101 Å². The Hall–Kier alpha value is -1.56. The Balaban J connectivity index is 1.72. The fraction of sp³-hybridized carbons (Fsp3) is 0.269. The number of carbonyl (C=O) groups excluding carboxylic acids is 1. The number of hydrogen-bond donors (Lipinski definition) is 0. The van der Waals surface area contributed by atoms with Crippen LogP contribution in [0, 0.1) is 5.92 Å². The summed E-state index contributed by atoms with van der Waals surface area (Å²) in [4.78, 5) is 15.5. The second kappa shape index (κ2) is 10.8. The third-order valence-electron chi connectivity index (χ3n) is 4.94. The first-order valence-corrected chi connectivity index (χ1v) is 12.9. The van der Waals surface area contributed by atoms with Crippen molar-refractivity contribution in [3.63, 3.8) is 0 Å². The molecule has 0 aromatic heterocycles. The lowest BCUT2D eigenvalue weighted by molar-refractivity contribution is -0.135. The summed E-state index contributed by atoms with van der Waals surface area (Å²) in [6.07, 6.45) is 8.84. The van der Waals surface area contributed by atoms with Gasteiger partial charge in [0.05, 0.1) is 5.92 Å². The average Bonchev–Trinajstić information content (AvgIpc) is 2.87. The maximum absolute atomic E-state index is 13.5. The smallest absolute Gasteiger partial charge is 0.234 e. The normalized spacial score (nSPS) is 17.2. The van der Waals surface area contributed by atoms with Crippen LogP contribution in [0.4, 0.5) is 0 Å². The molecule has 0 N–H and O–H groups in total. The van der Waals surface area contributed by atoms with Crippen LogP contribution in [0.5, 0.6) is 0 Å². The van der Waals surface area contributed by atoms with Crippen molar-refractivity contribution < 1.29 is 4.79 Å². The van der Waals surface area contributed by atoms with Crippen LogP contribution < -0.4 is 0 Å². The van der Waals surface area contributed by atoms with Crippen LogP contribution in [0.25, 0.3) is 0 Å². The Morgan fingerprint density at radius 2 is 1.55 bits per heavy atom. The molecule has 2 aromatic rings. The quantitative estimate of drug-likeness (QED) is 0.358. The summed E-state index contributed by atoms with van der Waals surface area (Å²) in [6.45, 7) is 6.26. The van der Waals surface area contributed by atoms with E-state index in [0.29, 0.717) is 6.42 Å². The number of allylic oxidation sites excluding steroid dienone is 3. The van der Waals surface area contributed by atoms with E-state index in [9.17, 15) is 4.79 Å². The molecular weight excluding hydrogens is 534 g/mol. The summed E-state index contributed by atoms with van der Waals surface area (Å²) in [6, 6.07) is 16.6. The molecule has 0 saturated heterocycles. The van der Waals surface area contributed by atoms with Gasteiger partial charge in [-0.25, -0.2) is 0 Å². The van der Waals surface area contributed by atoms with Gasteiger partial charge in [-0.1, -0.05) is 68.3 Å². The molecule has 1 aliphatic rings. The summed E-state index contributed by atoms with van der Waals surface area (Å²) in [7, 11) is 0. The SMILES string of the molecule is CC(C)(C)N1C(=O)[C@@H](Cc2ccc(Br)cc2)C=CC=C1/C=C\SCc1ccc(Br)cc1. The molecule has 31 heavy (non-hydrogen) atoms. The van der Waals surface area contributed by atoms with Gasteiger partial charge in [0.15, 0.2) is 0 Å². The number of carbonyl (C=O) groups is 1. The first-order valence-electron chi connectivity index (χ1n) is 10.2. The molecule has 0 aliphatic carbocycles. The van der Waals surface area contributed by atoms with Gasteiger partial charge in [0.2, 0.25) is 5.91 Å². The van der Waals surface area contributed by atoms with E-state index in [4.69, 9.17) is 0 Å². The highest BCUT2D eigenvalue weighted by Crippen LogP contribution is 2.29. The van der Waals surface area contributed by atoms with Crippen molar-refractivity contribution in [2.45, 2.75) is 38.5 Å². The van der Waals surface area contributed by atoms with Crippen molar-refractivity contribution in [1.29, 1.82) is 0 Å². The van der Waals surface area contributed by atoms with E-state index < -0.39 is 0 Å². The van der Waals surface area contributed by atoms with Gasteiger partial charge >= 0.3 is 0 Å². The Morgan fingerprint density at radius 3 is 2.13 bits per heavy atom. The number of rotatable bonds is 6. The maximum Gasteiger partial charge on any atom is 0.234 e. The van der Waals surface area contributed by atoms with Crippen LogP contribution in [-0.4, -0.2) is 16.3 Å². The van der Waals surface area contributed by atoms with Crippen molar-refractivity contribution in [1.82, 2.24) is 4.90 Å². The number of nitrogens with zero attached hydrogens (tertiary/aromatic N) is 1. The molecule has 3 rings (SSSR count). The summed E-state index contributed by atoms with van der Waals surface area (Å²) in [5, 5.41) is 2.09. The van der Waals surface area contributed by atoms with Crippen molar-refractivity contribution in [3.05, 3.63) is 104 Å². The Kier molecular flexibility index (Phi) is 8.43. The molecule has 162 valence electrons. The van der Waals surface area contributed by atoms with Crippen LogP contribution in [0.2, 0.25) is 0 Å². The molecular formula is C26H27Br2NOS. The number of thioether (sulfide) groups is 1. The van der Waals surface area contributed by atoms with Crippen LogP contribution >= 0.6 is 43.6 Å². The molecule has 0 unspecified atom stereocenters. The third-order valence-corrected chi connectivity index (χ3v) is 6.83. The molecule has 0 fully saturated rings. The zero-order valence-electron chi connectivity index (χ0n) is 18.0. The lowest BCUT2D eigenvalue weighted by atomic mass is 9.95. The van der Waals surface area contributed by atoms with Gasteiger partial charge in [0.1, 0.15) is 0 Å². The summed E-state index contributed by atoms with van der Waals surface area (Å²) >= 11 is 8.68. The molecule has 5 heteroatoms. The zero-order valence-corrected chi connectivity index (χ0v) is 22.0. The minimum absolute atomic E-state index is 0.137. The summed E-state index contributed by atoms with van der Waals surface area (Å²) < 4.78 is 2.13. The largest absolute Gasteiger partial charge is 0.307 e. The predicted octanol–water partition coefficient (Wildman–Crippen LogP) is 7.90.